The van der Waals surface area contributed by atoms with Crippen molar-refractivity contribution in [3.8, 4) is 33.6 Å². The smallest absolute Gasteiger partial charge is 0.407 e. The fraction of sp³-hybridized carbons (Fsp3) is 0.476. The van der Waals surface area contributed by atoms with Gasteiger partial charge in [0, 0.05) is 13.1 Å². The van der Waals surface area contributed by atoms with Crippen LogP contribution in [0, 0.1) is 35.5 Å². The van der Waals surface area contributed by atoms with E-state index in [2.05, 4.69) is 69.1 Å². The van der Waals surface area contributed by atoms with E-state index in [9.17, 15) is 19.2 Å². The SMILES string of the molecule is COC(=O)N[C@H](C(=O)N1C[C@@H]2C[C@@H]2C1c1ncc(-c2ccc(-c3ccc(-c4cnc([C@@H]5[C@H]6C[C@H]6CN5C(=O)[C@@H](NC(=O)OC)C(C)C)[nH]4)cc3)cc2)[nH]1)C(C)C. The average Bonchev–Trinajstić information content (AvgIpc) is 3.79. The Labute approximate surface area is 326 Å². The predicted octanol–water partition coefficient (Wildman–Crippen LogP) is 5.93. The number of ether oxygens (including phenoxy) is 2. The molecule has 0 spiro atoms. The highest BCUT2D eigenvalue weighted by molar-refractivity contribution is 5.87. The molecule has 1 unspecified atom stereocenters. The van der Waals surface area contributed by atoms with Gasteiger partial charge in [0.2, 0.25) is 11.8 Å². The van der Waals surface area contributed by atoms with Gasteiger partial charge in [0.1, 0.15) is 23.7 Å². The quantitative estimate of drug-likeness (QED) is 0.145. The number of nitrogens with one attached hydrogen (secondary N) is 4. The lowest BCUT2D eigenvalue weighted by molar-refractivity contribution is -0.137. The van der Waals surface area contributed by atoms with E-state index in [-0.39, 0.29) is 35.7 Å². The Hall–Kier alpha value is -5.66. The number of piperidine rings is 2. The number of rotatable bonds is 11. The Morgan fingerprint density at radius 3 is 1.32 bits per heavy atom. The highest BCUT2D eigenvalue weighted by atomic mass is 16.5. The molecule has 2 aromatic heterocycles. The van der Waals surface area contributed by atoms with Gasteiger partial charge in [0.15, 0.2) is 0 Å². The summed E-state index contributed by atoms with van der Waals surface area (Å²) in [5.41, 5.74) is 5.86. The summed E-state index contributed by atoms with van der Waals surface area (Å²) in [6, 6.07) is 14.9. The first kappa shape index (κ1) is 37.3. The molecule has 14 heteroatoms. The first-order chi connectivity index (χ1) is 26.9. The van der Waals surface area contributed by atoms with E-state index in [1.165, 1.54) is 14.2 Å². The Bertz CT molecular complexity index is 1960. The van der Waals surface area contributed by atoms with Crippen LogP contribution >= 0.6 is 0 Å². The van der Waals surface area contributed by atoms with Crippen LogP contribution in [-0.4, -0.2) is 93.1 Å². The van der Waals surface area contributed by atoms with E-state index in [4.69, 9.17) is 19.4 Å². The minimum Gasteiger partial charge on any atom is -0.453 e. The van der Waals surface area contributed by atoms with Crippen LogP contribution in [0.1, 0.15) is 64.3 Å². The highest BCUT2D eigenvalue weighted by Gasteiger charge is 2.57. The molecule has 8 atom stereocenters. The maximum atomic E-state index is 13.7. The number of hydrogen-bond donors (Lipinski definition) is 4. The molecule has 2 aliphatic heterocycles. The zero-order valence-electron chi connectivity index (χ0n) is 32.6. The van der Waals surface area contributed by atoms with Gasteiger partial charge in [-0.05, 0) is 70.6 Å². The molecular formula is C42H50N8O6. The second-order valence-corrected chi connectivity index (χ2v) is 16.4. The molecule has 0 radical (unpaired) electrons. The van der Waals surface area contributed by atoms with Gasteiger partial charge >= 0.3 is 12.2 Å². The normalized spacial score (nSPS) is 24.4. The predicted molar refractivity (Wildman–Crippen MR) is 207 cm³/mol. The van der Waals surface area contributed by atoms with Gasteiger partial charge < -0.3 is 39.9 Å². The summed E-state index contributed by atoms with van der Waals surface area (Å²) in [5, 5.41) is 5.45. The van der Waals surface area contributed by atoms with Crippen molar-refractivity contribution in [3.05, 3.63) is 72.6 Å². The third-order valence-corrected chi connectivity index (χ3v) is 12.1. The maximum Gasteiger partial charge on any atom is 0.407 e. The van der Waals surface area contributed by atoms with Crippen LogP contribution in [0.2, 0.25) is 0 Å². The molecule has 4 aliphatic rings. The number of H-pyrrole nitrogens is 2. The fourth-order valence-electron chi connectivity index (χ4n) is 8.79. The van der Waals surface area contributed by atoms with Crippen molar-refractivity contribution in [3.63, 3.8) is 0 Å². The van der Waals surface area contributed by atoms with Gasteiger partial charge in [0.25, 0.3) is 0 Å². The van der Waals surface area contributed by atoms with Gasteiger partial charge in [-0.15, -0.1) is 0 Å². The van der Waals surface area contributed by atoms with Crippen LogP contribution in [-0.2, 0) is 19.1 Å². The number of nitrogens with zero attached hydrogens (tertiary/aromatic N) is 4. The lowest BCUT2D eigenvalue weighted by atomic mass is 10.0. The lowest BCUT2D eigenvalue weighted by Crippen LogP contribution is -2.51. The standard InChI is InChI=1S/C42H50N8O6/c1-21(2)33(47-41(53)55-5)39(51)49-19-27-15-29(27)35(49)37-43-17-31(45-37)25-11-7-23(8-12-25)24-9-13-26(14-10-24)32-18-44-38(46-32)36-30-16-28(30)20-50(36)40(52)34(22(3)4)48-42(54)56-6/h7-14,17-18,21-22,27-30,33-36H,15-16,19-20H2,1-6H3,(H,43,45)(H,44,46)(H,47,53)(H,48,54)/t27-,28-,29-,30-,33-,34-,35-,36?/m0/s1. The number of carbonyl (C=O) groups excluding carboxylic acids is 4. The summed E-state index contributed by atoms with van der Waals surface area (Å²) in [7, 11) is 2.60. The second kappa shape index (κ2) is 14.8. The number of aromatic nitrogens is 4. The van der Waals surface area contributed by atoms with E-state index in [1.54, 1.807) is 0 Å². The molecule has 4 amide bonds. The van der Waals surface area contributed by atoms with Crippen molar-refractivity contribution in [2.75, 3.05) is 27.3 Å². The van der Waals surface area contributed by atoms with Crippen LogP contribution in [0.4, 0.5) is 9.59 Å². The van der Waals surface area contributed by atoms with Crippen LogP contribution in [0.5, 0.6) is 0 Å². The number of hydrogen-bond acceptors (Lipinski definition) is 8. The van der Waals surface area contributed by atoms with Gasteiger partial charge in [-0.3, -0.25) is 9.59 Å². The summed E-state index contributed by atoms with van der Waals surface area (Å²) in [5.74, 6) is 2.72. The maximum absolute atomic E-state index is 13.7. The number of fused-ring (bicyclic) bond motifs is 2. The number of methoxy groups -OCH3 is 2. The number of carbonyl (C=O) groups is 4. The Balaban J connectivity index is 0.936. The topological polar surface area (TPSA) is 175 Å². The summed E-state index contributed by atoms with van der Waals surface area (Å²) in [6.45, 7) is 8.97. The minimum absolute atomic E-state index is 0.0979. The number of aromatic amines is 2. The third-order valence-electron chi connectivity index (χ3n) is 12.1. The van der Waals surface area contributed by atoms with Gasteiger partial charge in [-0.1, -0.05) is 76.2 Å². The first-order valence-corrected chi connectivity index (χ1v) is 19.6. The van der Waals surface area contributed by atoms with Gasteiger partial charge in [-0.25, -0.2) is 19.6 Å². The molecule has 2 aromatic carbocycles. The molecule has 2 saturated heterocycles. The molecule has 8 rings (SSSR count). The number of amides is 4. The number of alkyl carbamates (subject to hydrolysis) is 2. The molecule has 14 nitrogen and oxygen atoms in total. The molecule has 0 bridgehead atoms. The third kappa shape index (κ3) is 7.01. The Morgan fingerprint density at radius 1 is 0.625 bits per heavy atom. The summed E-state index contributed by atoms with van der Waals surface area (Å²) >= 11 is 0. The summed E-state index contributed by atoms with van der Waals surface area (Å²) in [6.07, 6.45) is 4.55. The van der Waals surface area contributed by atoms with Crippen molar-refractivity contribution in [1.82, 2.24) is 40.4 Å². The first-order valence-electron chi connectivity index (χ1n) is 19.6. The van der Waals surface area contributed by atoms with E-state index in [1.807, 2.05) is 49.9 Å². The van der Waals surface area contributed by atoms with E-state index < -0.39 is 24.3 Å². The van der Waals surface area contributed by atoms with Crippen LogP contribution < -0.4 is 10.6 Å². The van der Waals surface area contributed by atoms with Crippen molar-refractivity contribution in [2.24, 2.45) is 35.5 Å². The van der Waals surface area contributed by atoms with Crippen molar-refractivity contribution in [1.29, 1.82) is 0 Å². The van der Waals surface area contributed by atoms with Crippen LogP contribution in [0.3, 0.4) is 0 Å². The molecule has 294 valence electrons. The van der Waals surface area contributed by atoms with E-state index in [0.717, 1.165) is 58.1 Å². The monoisotopic (exact) mass is 762 g/mol. The van der Waals surface area contributed by atoms with E-state index >= 15 is 0 Å². The largest absolute Gasteiger partial charge is 0.453 e. The summed E-state index contributed by atoms with van der Waals surface area (Å²) < 4.78 is 9.57. The fourth-order valence-corrected chi connectivity index (χ4v) is 8.79. The number of benzene rings is 2. The van der Waals surface area contributed by atoms with Gasteiger partial charge in [0.05, 0.1) is 50.1 Å². The molecule has 2 aliphatic carbocycles. The number of likely N-dealkylation sites (tertiary alicyclic amines) is 2. The van der Waals surface area contributed by atoms with Crippen molar-refractivity contribution in [2.45, 2.75) is 64.7 Å². The lowest BCUT2D eigenvalue weighted by Gasteiger charge is -2.31. The van der Waals surface area contributed by atoms with Crippen molar-refractivity contribution >= 4 is 24.0 Å². The van der Waals surface area contributed by atoms with Crippen molar-refractivity contribution < 1.29 is 28.7 Å². The minimum atomic E-state index is -0.678. The Morgan fingerprint density at radius 2 is 0.982 bits per heavy atom. The summed E-state index contributed by atoms with van der Waals surface area (Å²) in [4.78, 5) is 71.7. The molecular weight excluding hydrogens is 713 g/mol. The molecule has 56 heavy (non-hydrogen) atoms. The molecule has 4 aromatic rings. The molecule has 4 N–H and O–H groups in total. The molecule has 4 fully saturated rings. The average molecular weight is 763 g/mol. The molecule has 4 heterocycles. The highest BCUT2D eigenvalue weighted by Crippen LogP contribution is 2.57. The molecule has 2 saturated carbocycles. The zero-order chi connectivity index (χ0) is 39.4. The van der Waals surface area contributed by atoms with Crippen LogP contribution in [0.15, 0.2) is 60.9 Å². The van der Waals surface area contributed by atoms with Gasteiger partial charge in [-0.2, -0.15) is 0 Å². The van der Waals surface area contributed by atoms with Crippen LogP contribution in [0.25, 0.3) is 33.6 Å². The number of imidazole rings is 2. The Kier molecular flexibility index (Phi) is 9.83. The van der Waals surface area contributed by atoms with E-state index in [0.29, 0.717) is 36.8 Å². The second-order valence-electron chi connectivity index (χ2n) is 16.4. The zero-order valence-corrected chi connectivity index (χ0v) is 32.6.